The van der Waals surface area contributed by atoms with E-state index in [0.717, 1.165) is 4.47 Å². The van der Waals surface area contributed by atoms with Gasteiger partial charge in [-0.1, -0.05) is 73.9 Å². The Hall–Kier alpha value is -0.360. The number of benzene rings is 2. The van der Waals surface area contributed by atoms with E-state index in [1.54, 1.807) is 24.3 Å². The van der Waals surface area contributed by atoms with Gasteiger partial charge < -0.3 is 10.1 Å². The molecule has 3 nitrogen and oxygen atoms in total. The fourth-order valence-electron chi connectivity index (χ4n) is 1.58. The van der Waals surface area contributed by atoms with Gasteiger partial charge in [-0.2, -0.15) is 0 Å². The van der Waals surface area contributed by atoms with Crippen molar-refractivity contribution in [1.82, 2.24) is 0 Å². The van der Waals surface area contributed by atoms with Gasteiger partial charge in [0.25, 0.3) is 5.91 Å². The molecule has 0 heterocycles. The van der Waals surface area contributed by atoms with E-state index in [9.17, 15) is 4.79 Å². The summed E-state index contributed by atoms with van der Waals surface area (Å²) in [4.78, 5) is 11.9. The maximum absolute atomic E-state index is 11.9. The fraction of sp³-hybridized carbons (Fsp3) is 0.0714. The zero-order valence-electron chi connectivity index (χ0n) is 11.1. The molecular formula is C14H7BrCl5NO2. The minimum Gasteiger partial charge on any atom is -0.481 e. The molecule has 2 aromatic carbocycles. The molecule has 2 rings (SSSR count). The van der Waals surface area contributed by atoms with Gasteiger partial charge in [0.2, 0.25) is 0 Å². The van der Waals surface area contributed by atoms with Gasteiger partial charge in [0.05, 0.1) is 15.1 Å². The lowest BCUT2D eigenvalue weighted by Crippen LogP contribution is -2.20. The summed E-state index contributed by atoms with van der Waals surface area (Å²) in [5.74, 6) is -0.402. The molecule has 2 aromatic rings. The van der Waals surface area contributed by atoms with Crippen molar-refractivity contribution >= 4 is 85.5 Å². The number of amides is 1. The summed E-state index contributed by atoms with van der Waals surface area (Å²) in [6, 6.07) is 7.06. The first-order chi connectivity index (χ1) is 10.8. The molecule has 23 heavy (non-hydrogen) atoms. The number of anilines is 1. The smallest absolute Gasteiger partial charge is 0.262 e. The molecule has 122 valence electrons. The first-order valence-electron chi connectivity index (χ1n) is 6.01. The predicted molar refractivity (Wildman–Crippen MR) is 99.8 cm³/mol. The highest BCUT2D eigenvalue weighted by molar-refractivity contribution is 9.10. The second-order valence-corrected chi connectivity index (χ2v) is 7.05. The minimum atomic E-state index is -0.401. The third kappa shape index (κ3) is 4.59. The van der Waals surface area contributed by atoms with Crippen LogP contribution in [-0.2, 0) is 4.79 Å². The van der Waals surface area contributed by atoms with Gasteiger partial charge in [0.1, 0.15) is 10.0 Å². The average molecular weight is 478 g/mol. The lowest BCUT2D eigenvalue weighted by molar-refractivity contribution is -0.118. The van der Waals surface area contributed by atoms with Gasteiger partial charge in [-0.3, -0.25) is 4.79 Å². The third-order valence-electron chi connectivity index (χ3n) is 2.65. The molecule has 0 radical (unpaired) electrons. The molecule has 0 fully saturated rings. The van der Waals surface area contributed by atoms with Crippen molar-refractivity contribution in [3.8, 4) is 5.75 Å². The van der Waals surface area contributed by atoms with Crippen LogP contribution in [0.15, 0.2) is 28.7 Å². The monoisotopic (exact) mass is 475 g/mol. The standard InChI is InChI=1S/C14H7BrCl5NO2/c15-6-1-3-7(4-2-6)21-8(22)5-23-14-12(19)10(17)9(16)11(18)13(14)20/h1-4H,5H2,(H,21,22). The van der Waals surface area contributed by atoms with Crippen LogP contribution in [0.25, 0.3) is 0 Å². The summed E-state index contributed by atoms with van der Waals surface area (Å²) in [5, 5.41) is 2.67. The van der Waals surface area contributed by atoms with E-state index in [-0.39, 0.29) is 37.5 Å². The Bertz CT molecular complexity index is 723. The molecule has 0 aliphatic carbocycles. The number of ether oxygens (including phenoxy) is 1. The van der Waals surface area contributed by atoms with Crippen LogP contribution in [0.4, 0.5) is 5.69 Å². The maximum Gasteiger partial charge on any atom is 0.262 e. The molecule has 9 heteroatoms. The molecule has 0 bridgehead atoms. The van der Waals surface area contributed by atoms with E-state index >= 15 is 0 Å². The Morgan fingerprint density at radius 1 is 0.913 bits per heavy atom. The molecule has 1 amide bonds. The van der Waals surface area contributed by atoms with Crippen LogP contribution in [0.2, 0.25) is 25.1 Å². The van der Waals surface area contributed by atoms with E-state index in [2.05, 4.69) is 21.2 Å². The van der Waals surface area contributed by atoms with Gasteiger partial charge in [0, 0.05) is 10.2 Å². The van der Waals surface area contributed by atoms with Gasteiger partial charge in [-0.25, -0.2) is 0 Å². The van der Waals surface area contributed by atoms with Gasteiger partial charge in [-0.15, -0.1) is 0 Å². The number of halogens is 6. The molecule has 1 N–H and O–H groups in total. The molecule has 0 aliphatic heterocycles. The summed E-state index contributed by atoms with van der Waals surface area (Å²) >= 11 is 33.1. The Labute approximate surface area is 165 Å². The quantitative estimate of drug-likeness (QED) is 0.391. The molecule has 0 saturated heterocycles. The van der Waals surface area contributed by atoms with Crippen molar-refractivity contribution in [3.63, 3.8) is 0 Å². The van der Waals surface area contributed by atoms with Gasteiger partial charge in [-0.05, 0) is 24.3 Å². The molecule has 0 spiro atoms. The molecule has 0 aliphatic rings. The summed E-state index contributed by atoms with van der Waals surface area (Å²) in [6.45, 7) is -0.330. The van der Waals surface area contributed by atoms with Crippen molar-refractivity contribution in [2.45, 2.75) is 0 Å². The predicted octanol–water partition coefficient (Wildman–Crippen LogP) is 6.73. The van der Waals surface area contributed by atoms with Crippen molar-refractivity contribution < 1.29 is 9.53 Å². The number of carbonyl (C=O) groups excluding carboxylic acids is 1. The minimum absolute atomic E-state index is 0.00121. The average Bonchev–Trinajstić information content (AvgIpc) is 2.53. The lowest BCUT2D eigenvalue weighted by atomic mass is 10.3. The maximum atomic E-state index is 11.9. The van der Waals surface area contributed by atoms with Crippen molar-refractivity contribution in [3.05, 3.63) is 53.9 Å². The van der Waals surface area contributed by atoms with Gasteiger partial charge in [0.15, 0.2) is 12.4 Å². The largest absolute Gasteiger partial charge is 0.481 e. The van der Waals surface area contributed by atoms with E-state index < -0.39 is 5.91 Å². The topological polar surface area (TPSA) is 38.3 Å². The Kier molecular flexibility index (Phi) is 6.72. The van der Waals surface area contributed by atoms with Crippen LogP contribution in [0.5, 0.6) is 5.75 Å². The Balaban J connectivity index is 2.09. The second kappa shape index (κ2) is 8.15. The zero-order chi connectivity index (χ0) is 17.1. The zero-order valence-corrected chi connectivity index (χ0v) is 16.5. The fourth-order valence-corrected chi connectivity index (χ4v) is 3.07. The van der Waals surface area contributed by atoms with Crippen molar-refractivity contribution in [2.24, 2.45) is 0 Å². The molecule has 0 atom stereocenters. The van der Waals surface area contributed by atoms with Crippen LogP contribution in [0, 0.1) is 0 Å². The van der Waals surface area contributed by atoms with Crippen LogP contribution in [0.1, 0.15) is 0 Å². The van der Waals surface area contributed by atoms with E-state index in [0.29, 0.717) is 5.69 Å². The summed E-state index contributed by atoms with van der Waals surface area (Å²) < 4.78 is 6.23. The first kappa shape index (κ1) is 19.0. The molecule has 0 unspecified atom stereocenters. The number of carbonyl (C=O) groups is 1. The second-order valence-electron chi connectivity index (χ2n) is 4.24. The van der Waals surface area contributed by atoms with Gasteiger partial charge >= 0.3 is 0 Å². The van der Waals surface area contributed by atoms with Crippen LogP contribution < -0.4 is 10.1 Å². The van der Waals surface area contributed by atoms with E-state index in [1.807, 2.05) is 0 Å². The van der Waals surface area contributed by atoms with Crippen LogP contribution >= 0.6 is 73.9 Å². The number of hydrogen-bond donors (Lipinski definition) is 1. The first-order valence-corrected chi connectivity index (χ1v) is 8.69. The highest BCUT2D eigenvalue weighted by Gasteiger charge is 2.21. The van der Waals surface area contributed by atoms with Crippen molar-refractivity contribution in [1.29, 1.82) is 0 Å². The highest BCUT2D eigenvalue weighted by atomic mass is 79.9. The molecule has 0 saturated carbocycles. The molecular weight excluding hydrogens is 471 g/mol. The summed E-state index contributed by atoms with van der Waals surface area (Å²) in [5.41, 5.74) is 0.617. The van der Waals surface area contributed by atoms with Crippen LogP contribution in [-0.4, -0.2) is 12.5 Å². The highest BCUT2D eigenvalue weighted by Crippen LogP contribution is 2.48. The third-order valence-corrected chi connectivity index (χ3v) is 5.42. The summed E-state index contributed by atoms with van der Waals surface area (Å²) in [7, 11) is 0. The summed E-state index contributed by atoms with van der Waals surface area (Å²) in [6.07, 6.45) is 0. The number of hydrogen-bond acceptors (Lipinski definition) is 2. The van der Waals surface area contributed by atoms with Crippen molar-refractivity contribution in [2.75, 3.05) is 11.9 Å². The Morgan fingerprint density at radius 3 is 1.91 bits per heavy atom. The molecule has 0 aromatic heterocycles. The Morgan fingerprint density at radius 2 is 1.39 bits per heavy atom. The van der Waals surface area contributed by atoms with Crippen LogP contribution in [0.3, 0.4) is 0 Å². The normalized spacial score (nSPS) is 10.5. The number of nitrogens with one attached hydrogen (secondary N) is 1. The lowest BCUT2D eigenvalue weighted by Gasteiger charge is -2.13. The SMILES string of the molecule is O=C(COc1c(Cl)c(Cl)c(Cl)c(Cl)c1Cl)Nc1ccc(Br)cc1. The van der Waals surface area contributed by atoms with E-state index in [1.165, 1.54) is 0 Å². The van der Waals surface area contributed by atoms with E-state index in [4.69, 9.17) is 62.7 Å². The number of rotatable bonds is 4.